The molecule has 3 nitrogen and oxygen atoms in total. The third-order valence-electron chi connectivity index (χ3n) is 4.99. The molecule has 0 spiro atoms. The van der Waals surface area contributed by atoms with Crippen LogP contribution in [0.5, 0.6) is 11.6 Å². The van der Waals surface area contributed by atoms with Gasteiger partial charge in [0, 0.05) is 5.56 Å². The van der Waals surface area contributed by atoms with Crippen molar-refractivity contribution in [1.82, 2.24) is 9.97 Å². The molecule has 0 aliphatic rings. The first-order chi connectivity index (χ1) is 14.8. The predicted molar refractivity (Wildman–Crippen MR) is 121 cm³/mol. The Morgan fingerprint density at radius 1 is 0.567 bits per heavy atom. The smallest absolute Gasteiger partial charge is 0.230 e. The molecule has 1 aromatic heterocycles. The van der Waals surface area contributed by atoms with Crippen molar-refractivity contribution < 1.29 is 4.74 Å². The third-order valence-corrected chi connectivity index (χ3v) is 4.99. The lowest BCUT2D eigenvalue weighted by Gasteiger charge is -2.11. The van der Waals surface area contributed by atoms with E-state index in [4.69, 9.17) is 14.7 Å². The van der Waals surface area contributed by atoms with Gasteiger partial charge in [-0.05, 0) is 41.8 Å². The molecule has 0 unspecified atom stereocenters. The van der Waals surface area contributed by atoms with Gasteiger partial charge in [0.15, 0.2) is 5.82 Å². The summed E-state index contributed by atoms with van der Waals surface area (Å²) in [7, 11) is 0. The zero-order valence-electron chi connectivity index (χ0n) is 16.4. The summed E-state index contributed by atoms with van der Waals surface area (Å²) in [5, 5.41) is 0.894. The molecule has 5 rings (SSSR count). The molecule has 0 fully saturated rings. The third kappa shape index (κ3) is 3.91. The van der Waals surface area contributed by atoms with Gasteiger partial charge in [-0.25, -0.2) is 4.98 Å². The maximum Gasteiger partial charge on any atom is 0.230 e. The Balaban J connectivity index is 1.46. The number of benzene rings is 4. The average molecular weight is 388 g/mol. The summed E-state index contributed by atoms with van der Waals surface area (Å²) in [5.41, 5.74) is 4.36. The molecule has 0 saturated carbocycles. The Labute approximate surface area is 175 Å². The van der Waals surface area contributed by atoms with Crippen molar-refractivity contribution in [1.29, 1.82) is 0 Å². The number of hydrogen-bond acceptors (Lipinski definition) is 3. The number of nitrogens with zero attached hydrogens (tertiary/aromatic N) is 2. The highest BCUT2D eigenvalue weighted by Crippen LogP contribution is 2.30. The summed E-state index contributed by atoms with van der Waals surface area (Å²) in [6.07, 6.45) is 0.899. The van der Waals surface area contributed by atoms with Crippen molar-refractivity contribution >= 4 is 10.9 Å². The van der Waals surface area contributed by atoms with Crippen LogP contribution in [-0.4, -0.2) is 9.97 Å². The zero-order chi connectivity index (χ0) is 20.2. The molecule has 0 saturated heterocycles. The quantitative estimate of drug-likeness (QED) is 0.337. The molecule has 0 aliphatic heterocycles. The van der Waals surface area contributed by atoms with E-state index in [0.717, 1.165) is 28.6 Å². The summed E-state index contributed by atoms with van der Waals surface area (Å²) >= 11 is 0. The first-order valence-electron chi connectivity index (χ1n) is 9.98. The number of aromatic nitrogens is 2. The van der Waals surface area contributed by atoms with Gasteiger partial charge >= 0.3 is 0 Å². The highest BCUT2D eigenvalue weighted by molar-refractivity contribution is 5.85. The monoisotopic (exact) mass is 388 g/mol. The normalized spacial score (nSPS) is 10.8. The lowest BCUT2D eigenvalue weighted by atomic mass is 10.1. The van der Waals surface area contributed by atoms with Crippen molar-refractivity contribution in [2.24, 2.45) is 0 Å². The minimum atomic E-state index is 0.565. The van der Waals surface area contributed by atoms with Crippen LogP contribution in [-0.2, 0) is 6.42 Å². The maximum absolute atomic E-state index is 6.21. The van der Waals surface area contributed by atoms with E-state index >= 15 is 0 Å². The van der Waals surface area contributed by atoms with Crippen molar-refractivity contribution in [3.8, 4) is 23.0 Å². The van der Waals surface area contributed by atoms with Gasteiger partial charge in [-0.1, -0.05) is 84.9 Å². The van der Waals surface area contributed by atoms with Crippen molar-refractivity contribution in [2.75, 3.05) is 0 Å². The summed E-state index contributed by atoms with van der Waals surface area (Å²) < 4.78 is 6.21. The van der Waals surface area contributed by atoms with E-state index in [2.05, 4.69) is 36.4 Å². The summed E-state index contributed by atoms with van der Waals surface area (Å²) in [6, 6.07) is 36.5. The Morgan fingerprint density at radius 3 is 1.97 bits per heavy atom. The van der Waals surface area contributed by atoms with E-state index in [1.807, 2.05) is 72.8 Å². The van der Waals surface area contributed by atoms with Crippen LogP contribution in [0, 0.1) is 0 Å². The number of hydrogen-bond donors (Lipinski definition) is 0. The van der Waals surface area contributed by atoms with Crippen molar-refractivity contribution in [3.63, 3.8) is 0 Å². The van der Waals surface area contributed by atoms with Gasteiger partial charge in [-0.2, -0.15) is 4.98 Å². The molecule has 0 bridgehead atoms. The van der Waals surface area contributed by atoms with Gasteiger partial charge in [0.2, 0.25) is 5.88 Å². The average Bonchev–Trinajstić information content (AvgIpc) is 2.81. The number of para-hydroxylation sites is 1. The second-order valence-corrected chi connectivity index (χ2v) is 7.14. The van der Waals surface area contributed by atoms with Gasteiger partial charge in [0.1, 0.15) is 5.75 Å². The largest absolute Gasteiger partial charge is 0.438 e. The molecule has 0 amide bonds. The molecule has 5 aromatic rings. The minimum Gasteiger partial charge on any atom is -0.438 e. The lowest BCUT2D eigenvalue weighted by Crippen LogP contribution is -1.96. The molecule has 0 atom stereocenters. The highest BCUT2D eigenvalue weighted by Gasteiger charge is 2.11. The van der Waals surface area contributed by atoms with Crippen LogP contribution in [0.3, 0.4) is 0 Å². The number of rotatable bonds is 5. The molecular weight excluding hydrogens is 368 g/mol. The van der Waals surface area contributed by atoms with Crippen LogP contribution in [0.25, 0.3) is 22.3 Å². The molecule has 0 radical (unpaired) electrons. The molecule has 3 heteroatoms. The Morgan fingerprint density at radius 2 is 1.20 bits per heavy atom. The van der Waals surface area contributed by atoms with Gasteiger partial charge in [-0.3, -0.25) is 0 Å². The molecule has 1 heterocycles. The lowest BCUT2D eigenvalue weighted by molar-refractivity contribution is 0.469. The first-order valence-corrected chi connectivity index (χ1v) is 9.98. The predicted octanol–water partition coefficient (Wildman–Crippen LogP) is 6.68. The Bertz CT molecular complexity index is 1270. The fourth-order valence-electron chi connectivity index (χ4n) is 3.46. The minimum absolute atomic E-state index is 0.565. The second kappa shape index (κ2) is 8.18. The SMILES string of the molecule is c1ccc(Cc2ccc(Oc3nc(-c4ccccc4)nc4ccccc34)cc2)cc1. The van der Waals surface area contributed by atoms with E-state index in [1.165, 1.54) is 11.1 Å². The fourth-order valence-corrected chi connectivity index (χ4v) is 3.46. The van der Waals surface area contributed by atoms with Crippen LogP contribution in [0.1, 0.15) is 11.1 Å². The van der Waals surface area contributed by atoms with Crippen molar-refractivity contribution in [3.05, 3.63) is 120 Å². The zero-order valence-corrected chi connectivity index (χ0v) is 16.4. The Kier molecular flexibility index (Phi) is 4.93. The van der Waals surface area contributed by atoms with Crippen LogP contribution < -0.4 is 4.74 Å². The van der Waals surface area contributed by atoms with Crippen LogP contribution in [0.2, 0.25) is 0 Å². The number of fused-ring (bicyclic) bond motifs is 1. The van der Waals surface area contributed by atoms with Crippen molar-refractivity contribution in [2.45, 2.75) is 6.42 Å². The molecule has 30 heavy (non-hydrogen) atoms. The number of ether oxygens (including phenoxy) is 1. The molecule has 0 aliphatic carbocycles. The summed E-state index contributed by atoms with van der Waals surface area (Å²) in [4.78, 5) is 9.44. The van der Waals surface area contributed by atoms with E-state index in [1.54, 1.807) is 0 Å². The van der Waals surface area contributed by atoms with E-state index < -0.39 is 0 Å². The van der Waals surface area contributed by atoms with E-state index in [-0.39, 0.29) is 0 Å². The molecule has 0 N–H and O–H groups in total. The Hall–Kier alpha value is -3.98. The molecule has 144 valence electrons. The summed E-state index contributed by atoms with van der Waals surface area (Å²) in [6.45, 7) is 0. The molecule has 4 aromatic carbocycles. The second-order valence-electron chi connectivity index (χ2n) is 7.14. The van der Waals surface area contributed by atoms with Gasteiger partial charge in [-0.15, -0.1) is 0 Å². The van der Waals surface area contributed by atoms with Crippen LogP contribution >= 0.6 is 0 Å². The van der Waals surface area contributed by atoms with E-state index in [9.17, 15) is 0 Å². The van der Waals surface area contributed by atoms with Gasteiger partial charge in [0.05, 0.1) is 10.9 Å². The summed E-state index contributed by atoms with van der Waals surface area (Å²) in [5.74, 6) is 1.98. The van der Waals surface area contributed by atoms with E-state index in [0.29, 0.717) is 11.7 Å². The molecular formula is C27H20N2O. The van der Waals surface area contributed by atoms with Gasteiger partial charge < -0.3 is 4.74 Å². The first kappa shape index (κ1) is 18.1. The highest BCUT2D eigenvalue weighted by atomic mass is 16.5. The fraction of sp³-hybridized carbons (Fsp3) is 0.0370. The van der Waals surface area contributed by atoms with Crippen LogP contribution in [0.4, 0.5) is 0 Å². The maximum atomic E-state index is 6.21. The topological polar surface area (TPSA) is 35.0 Å². The standard InChI is InChI=1S/C27H20N2O/c1-3-9-20(10-4-1)19-21-15-17-23(18-16-21)30-27-24-13-7-8-14-25(24)28-26(29-27)22-11-5-2-6-12-22/h1-18H,19H2. The van der Waals surface area contributed by atoms with Gasteiger partial charge in [0.25, 0.3) is 0 Å². The van der Waals surface area contributed by atoms with Crippen LogP contribution in [0.15, 0.2) is 109 Å².